The molecule has 4 rings (SSSR count). The molecule has 1 aromatic carbocycles. The average molecular weight is 341 g/mol. The molecule has 1 aromatic heterocycles. The molecule has 0 radical (unpaired) electrons. The van der Waals surface area contributed by atoms with E-state index in [1.165, 1.54) is 16.0 Å². The number of rotatable bonds is 2. The van der Waals surface area contributed by atoms with Crippen LogP contribution < -0.4 is 10.2 Å². The van der Waals surface area contributed by atoms with E-state index in [9.17, 15) is 9.59 Å². The Kier molecular flexibility index (Phi) is 3.98. The number of hydrogen-bond acceptors (Lipinski definition) is 3. The van der Waals surface area contributed by atoms with Gasteiger partial charge in [-0.3, -0.25) is 9.69 Å². The van der Waals surface area contributed by atoms with E-state index in [4.69, 9.17) is 0 Å². The Morgan fingerprint density at radius 1 is 1.08 bits per heavy atom. The highest BCUT2D eigenvalue weighted by atomic mass is 32.1. The zero-order valence-electron chi connectivity index (χ0n) is 13.3. The molecule has 0 aliphatic carbocycles. The first-order valence-corrected chi connectivity index (χ1v) is 9.06. The minimum absolute atomic E-state index is 0.0207. The molecule has 24 heavy (non-hydrogen) atoms. The van der Waals surface area contributed by atoms with E-state index >= 15 is 0 Å². The van der Waals surface area contributed by atoms with Crippen LogP contribution in [0.15, 0.2) is 35.7 Å². The number of fused-ring (bicyclic) bond motifs is 2. The SMILES string of the molecule is O=C(CNC(=O)N1CCc2ccccc21)N1CCc2sccc2C1. The molecule has 2 aliphatic heterocycles. The second-order valence-electron chi connectivity index (χ2n) is 6.12. The van der Waals surface area contributed by atoms with Crippen molar-refractivity contribution in [1.82, 2.24) is 10.2 Å². The van der Waals surface area contributed by atoms with Crippen molar-refractivity contribution in [2.24, 2.45) is 0 Å². The van der Waals surface area contributed by atoms with Gasteiger partial charge in [0.1, 0.15) is 0 Å². The number of carbonyl (C=O) groups excluding carboxylic acids is 2. The first-order valence-electron chi connectivity index (χ1n) is 8.18. The van der Waals surface area contributed by atoms with Gasteiger partial charge >= 0.3 is 6.03 Å². The summed E-state index contributed by atoms with van der Waals surface area (Å²) < 4.78 is 0. The number of anilines is 1. The van der Waals surface area contributed by atoms with Crippen LogP contribution >= 0.6 is 11.3 Å². The predicted molar refractivity (Wildman–Crippen MR) is 94.3 cm³/mol. The molecule has 2 aliphatic rings. The quantitative estimate of drug-likeness (QED) is 0.912. The number of thiophene rings is 1. The number of urea groups is 1. The molecule has 0 unspecified atom stereocenters. The maximum Gasteiger partial charge on any atom is 0.322 e. The molecule has 0 fully saturated rings. The first kappa shape index (κ1) is 15.2. The number of carbonyl (C=O) groups is 2. The summed E-state index contributed by atoms with van der Waals surface area (Å²) in [4.78, 5) is 29.7. The van der Waals surface area contributed by atoms with Gasteiger partial charge in [-0.1, -0.05) is 18.2 Å². The van der Waals surface area contributed by atoms with Crippen molar-refractivity contribution in [3.05, 3.63) is 51.7 Å². The molecule has 3 heterocycles. The topological polar surface area (TPSA) is 52.7 Å². The van der Waals surface area contributed by atoms with Crippen molar-refractivity contribution < 1.29 is 9.59 Å². The Hall–Kier alpha value is -2.34. The van der Waals surface area contributed by atoms with Crippen molar-refractivity contribution in [3.8, 4) is 0 Å². The van der Waals surface area contributed by atoms with Gasteiger partial charge in [0.25, 0.3) is 0 Å². The highest BCUT2D eigenvalue weighted by Gasteiger charge is 2.26. The maximum absolute atomic E-state index is 12.4. The van der Waals surface area contributed by atoms with Gasteiger partial charge in [-0.15, -0.1) is 11.3 Å². The second kappa shape index (κ2) is 6.28. The summed E-state index contributed by atoms with van der Waals surface area (Å²) in [6, 6.07) is 9.80. The average Bonchev–Trinajstić information content (AvgIpc) is 3.25. The summed E-state index contributed by atoms with van der Waals surface area (Å²) in [6.45, 7) is 2.10. The lowest BCUT2D eigenvalue weighted by molar-refractivity contribution is -0.130. The van der Waals surface area contributed by atoms with Gasteiger partial charge in [-0.2, -0.15) is 0 Å². The number of nitrogens with one attached hydrogen (secondary N) is 1. The minimum Gasteiger partial charge on any atom is -0.336 e. The van der Waals surface area contributed by atoms with E-state index in [2.05, 4.69) is 16.8 Å². The van der Waals surface area contributed by atoms with Gasteiger partial charge in [0.2, 0.25) is 5.91 Å². The van der Waals surface area contributed by atoms with Crippen molar-refractivity contribution in [3.63, 3.8) is 0 Å². The summed E-state index contributed by atoms with van der Waals surface area (Å²) in [7, 11) is 0. The highest BCUT2D eigenvalue weighted by Crippen LogP contribution is 2.27. The summed E-state index contributed by atoms with van der Waals surface area (Å²) in [5, 5.41) is 4.85. The number of amides is 3. The van der Waals surface area contributed by atoms with Gasteiger partial charge in [0.05, 0.1) is 6.54 Å². The van der Waals surface area contributed by atoms with E-state index in [1.54, 1.807) is 16.2 Å². The number of para-hydroxylation sites is 1. The molecule has 0 saturated carbocycles. The Morgan fingerprint density at radius 3 is 2.88 bits per heavy atom. The van der Waals surface area contributed by atoms with Crippen molar-refractivity contribution in [2.75, 3.05) is 24.5 Å². The van der Waals surface area contributed by atoms with E-state index in [0.29, 0.717) is 13.1 Å². The fourth-order valence-corrected chi connectivity index (χ4v) is 4.26. The third kappa shape index (κ3) is 2.78. The van der Waals surface area contributed by atoms with Crippen LogP contribution in [0, 0.1) is 0 Å². The lowest BCUT2D eigenvalue weighted by Gasteiger charge is -2.27. The van der Waals surface area contributed by atoms with Crippen LogP contribution in [0.3, 0.4) is 0 Å². The highest BCUT2D eigenvalue weighted by molar-refractivity contribution is 7.10. The van der Waals surface area contributed by atoms with Gasteiger partial charge in [-0.05, 0) is 41.5 Å². The third-order valence-corrected chi connectivity index (χ3v) is 5.71. The van der Waals surface area contributed by atoms with Gasteiger partial charge in [0.15, 0.2) is 0 Å². The Balaban J connectivity index is 1.34. The van der Waals surface area contributed by atoms with E-state index in [-0.39, 0.29) is 18.5 Å². The number of nitrogens with zero attached hydrogens (tertiary/aromatic N) is 2. The van der Waals surface area contributed by atoms with Gasteiger partial charge < -0.3 is 10.2 Å². The molecular formula is C18H19N3O2S. The van der Waals surface area contributed by atoms with Crippen LogP contribution in [0.5, 0.6) is 0 Å². The van der Waals surface area contributed by atoms with Gasteiger partial charge in [0, 0.05) is 30.2 Å². The molecule has 3 amide bonds. The summed E-state index contributed by atoms with van der Waals surface area (Å²) in [5.74, 6) is -0.0207. The van der Waals surface area contributed by atoms with Crippen LogP contribution in [0.25, 0.3) is 0 Å². The lowest BCUT2D eigenvalue weighted by Crippen LogP contribution is -2.46. The van der Waals surface area contributed by atoms with Gasteiger partial charge in [-0.25, -0.2) is 4.79 Å². The van der Waals surface area contributed by atoms with E-state index < -0.39 is 0 Å². The first-order chi connectivity index (χ1) is 11.7. The predicted octanol–water partition coefficient (Wildman–Crippen LogP) is 2.41. The maximum atomic E-state index is 12.4. The fraction of sp³-hybridized carbons (Fsp3) is 0.333. The molecular weight excluding hydrogens is 322 g/mol. The molecule has 0 spiro atoms. The molecule has 124 valence electrons. The summed E-state index contributed by atoms with van der Waals surface area (Å²) in [6.07, 6.45) is 1.77. The molecule has 0 saturated heterocycles. The molecule has 5 nitrogen and oxygen atoms in total. The number of benzene rings is 1. The van der Waals surface area contributed by atoms with Crippen molar-refractivity contribution >= 4 is 29.0 Å². The fourth-order valence-electron chi connectivity index (χ4n) is 3.37. The zero-order chi connectivity index (χ0) is 16.5. The Labute approximate surface area is 144 Å². The van der Waals surface area contributed by atoms with Crippen LogP contribution in [0.1, 0.15) is 16.0 Å². The largest absolute Gasteiger partial charge is 0.336 e. The molecule has 6 heteroatoms. The van der Waals surface area contributed by atoms with Crippen LogP contribution in [0.4, 0.5) is 10.5 Å². The lowest BCUT2D eigenvalue weighted by atomic mass is 10.1. The minimum atomic E-state index is -0.193. The normalized spacial score (nSPS) is 15.8. The standard InChI is InChI=1S/C18H19N3O2S/c22-17(20-8-6-16-14(12-20)7-10-24-16)11-19-18(23)21-9-5-13-3-1-2-4-15(13)21/h1-4,7,10H,5-6,8-9,11-12H2,(H,19,23). The van der Waals surface area contributed by atoms with E-state index in [0.717, 1.165) is 25.1 Å². The van der Waals surface area contributed by atoms with E-state index in [1.807, 2.05) is 29.2 Å². The monoisotopic (exact) mass is 341 g/mol. The van der Waals surface area contributed by atoms with Crippen LogP contribution in [0.2, 0.25) is 0 Å². The molecule has 2 aromatic rings. The van der Waals surface area contributed by atoms with Crippen LogP contribution in [-0.2, 0) is 24.2 Å². The van der Waals surface area contributed by atoms with Crippen molar-refractivity contribution in [1.29, 1.82) is 0 Å². The smallest absolute Gasteiger partial charge is 0.322 e. The third-order valence-electron chi connectivity index (χ3n) is 4.68. The molecule has 0 bridgehead atoms. The Bertz CT molecular complexity index is 786. The van der Waals surface area contributed by atoms with Crippen molar-refractivity contribution in [2.45, 2.75) is 19.4 Å². The Morgan fingerprint density at radius 2 is 1.96 bits per heavy atom. The molecule has 1 N–H and O–H groups in total. The number of hydrogen-bond donors (Lipinski definition) is 1. The second-order valence-corrected chi connectivity index (χ2v) is 7.12. The molecule has 0 atom stereocenters. The van der Waals surface area contributed by atoms with Crippen LogP contribution in [-0.4, -0.2) is 36.5 Å². The summed E-state index contributed by atoms with van der Waals surface area (Å²) >= 11 is 1.75. The summed E-state index contributed by atoms with van der Waals surface area (Å²) in [5.41, 5.74) is 3.36. The zero-order valence-corrected chi connectivity index (χ0v) is 14.1.